The Morgan fingerprint density at radius 3 is 2.53 bits per heavy atom. The van der Waals surface area contributed by atoms with Gasteiger partial charge in [0.15, 0.2) is 0 Å². The smallest absolute Gasteiger partial charge is 0.335 e. The molecule has 0 unspecified atom stereocenters. The van der Waals surface area contributed by atoms with Crippen LogP contribution in [0.4, 0.5) is 11.4 Å². The summed E-state index contributed by atoms with van der Waals surface area (Å²) in [7, 11) is 0. The van der Waals surface area contributed by atoms with Crippen molar-refractivity contribution in [1.82, 2.24) is 0 Å². The number of nitrogen functional groups attached to an aromatic ring is 1. The molecule has 0 heterocycles. The highest BCUT2D eigenvalue weighted by atomic mass is 35.5. The third-order valence-corrected chi connectivity index (χ3v) is 2.08. The molecule has 1 amide bonds. The van der Waals surface area contributed by atoms with E-state index in [0.29, 0.717) is 0 Å². The van der Waals surface area contributed by atoms with E-state index < -0.39 is 5.97 Å². The summed E-state index contributed by atoms with van der Waals surface area (Å²) in [6, 6.07) is 2.48. The maximum atomic E-state index is 10.8. The Kier molecular flexibility index (Phi) is 3.16. The molecular formula is C9H9ClN2O3. The Balaban J connectivity index is 3.24. The first kappa shape index (κ1) is 11.3. The van der Waals surface area contributed by atoms with Crippen LogP contribution >= 0.6 is 11.6 Å². The molecule has 1 aromatic carbocycles. The van der Waals surface area contributed by atoms with Gasteiger partial charge in [0.1, 0.15) is 0 Å². The first-order chi connectivity index (χ1) is 6.91. The van der Waals surface area contributed by atoms with Gasteiger partial charge < -0.3 is 16.2 Å². The van der Waals surface area contributed by atoms with Gasteiger partial charge in [0.25, 0.3) is 0 Å². The molecule has 1 rings (SSSR count). The van der Waals surface area contributed by atoms with Gasteiger partial charge in [0.2, 0.25) is 5.91 Å². The number of carboxylic acid groups (broad SMARTS) is 1. The highest BCUT2D eigenvalue weighted by molar-refractivity contribution is 6.36. The molecule has 0 spiro atoms. The van der Waals surface area contributed by atoms with Crippen molar-refractivity contribution in [3.05, 3.63) is 22.7 Å². The summed E-state index contributed by atoms with van der Waals surface area (Å²) in [5, 5.41) is 11.3. The van der Waals surface area contributed by atoms with E-state index in [4.69, 9.17) is 22.4 Å². The number of nitrogens with one attached hydrogen (secondary N) is 1. The second-order valence-electron chi connectivity index (χ2n) is 2.91. The molecule has 1 aromatic rings. The molecule has 4 N–H and O–H groups in total. The van der Waals surface area contributed by atoms with Crippen molar-refractivity contribution in [3.63, 3.8) is 0 Å². The molecule has 0 aliphatic rings. The molecule has 5 nitrogen and oxygen atoms in total. The zero-order chi connectivity index (χ0) is 11.6. The number of halogens is 1. The topological polar surface area (TPSA) is 92.4 Å². The van der Waals surface area contributed by atoms with Crippen LogP contribution in [0.15, 0.2) is 12.1 Å². The minimum Gasteiger partial charge on any atom is -0.478 e. The molecule has 0 aromatic heterocycles. The quantitative estimate of drug-likeness (QED) is 0.670. The minimum absolute atomic E-state index is 0.0272. The van der Waals surface area contributed by atoms with Crippen molar-refractivity contribution in [1.29, 1.82) is 0 Å². The van der Waals surface area contributed by atoms with Crippen molar-refractivity contribution in [2.75, 3.05) is 11.1 Å². The molecule has 0 saturated carbocycles. The van der Waals surface area contributed by atoms with Crippen LogP contribution in [0, 0.1) is 0 Å². The van der Waals surface area contributed by atoms with Crippen LogP contribution in [0.2, 0.25) is 5.02 Å². The number of rotatable bonds is 2. The van der Waals surface area contributed by atoms with Crippen molar-refractivity contribution < 1.29 is 14.7 Å². The molecule has 0 radical (unpaired) electrons. The molecule has 6 heteroatoms. The summed E-state index contributed by atoms with van der Waals surface area (Å²) >= 11 is 5.78. The number of aromatic carboxylic acids is 1. The molecule has 0 bridgehead atoms. The lowest BCUT2D eigenvalue weighted by Crippen LogP contribution is -2.09. The Labute approximate surface area is 90.8 Å². The van der Waals surface area contributed by atoms with Gasteiger partial charge in [0, 0.05) is 6.92 Å². The van der Waals surface area contributed by atoms with Crippen LogP contribution in [0.25, 0.3) is 0 Å². The third kappa shape index (κ3) is 2.60. The van der Waals surface area contributed by atoms with Gasteiger partial charge in [-0.15, -0.1) is 0 Å². The fourth-order valence-electron chi connectivity index (χ4n) is 1.05. The molecule has 15 heavy (non-hydrogen) atoms. The maximum absolute atomic E-state index is 10.8. The first-order valence-corrected chi connectivity index (χ1v) is 4.39. The van der Waals surface area contributed by atoms with Gasteiger partial charge >= 0.3 is 5.97 Å². The van der Waals surface area contributed by atoms with Crippen LogP contribution in [0.5, 0.6) is 0 Å². The summed E-state index contributed by atoms with van der Waals surface area (Å²) in [4.78, 5) is 21.5. The van der Waals surface area contributed by atoms with Crippen LogP contribution in [-0.2, 0) is 4.79 Å². The highest BCUT2D eigenvalue weighted by Crippen LogP contribution is 2.29. The van der Waals surface area contributed by atoms with E-state index in [1.165, 1.54) is 19.1 Å². The van der Waals surface area contributed by atoms with E-state index in [2.05, 4.69) is 5.32 Å². The Morgan fingerprint density at radius 2 is 2.07 bits per heavy atom. The van der Waals surface area contributed by atoms with Gasteiger partial charge in [-0.2, -0.15) is 0 Å². The van der Waals surface area contributed by atoms with E-state index in [1.807, 2.05) is 0 Å². The van der Waals surface area contributed by atoms with Crippen molar-refractivity contribution >= 4 is 34.9 Å². The lowest BCUT2D eigenvalue weighted by atomic mass is 10.1. The van der Waals surface area contributed by atoms with Gasteiger partial charge in [-0.3, -0.25) is 4.79 Å². The fraction of sp³-hybridized carbons (Fsp3) is 0.111. The van der Waals surface area contributed by atoms with Crippen molar-refractivity contribution in [2.24, 2.45) is 0 Å². The van der Waals surface area contributed by atoms with Crippen LogP contribution in [0.1, 0.15) is 17.3 Å². The number of carbonyl (C=O) groups is 2. The molecule has 0 atom stereocenters. The highest BCUT2D eigenvalue weighted by Gasteiger charge is 2.11. The zero-order valence-corrected chi connectivity index (χ0v) is 8.63. The average Bonchev–Trinajstić information content (AvgIpc) is 2.11. The fourth-order valence-corrected chi connectivity index (χ4v) is 1.21. The number of anilines is 2. The number of benzene rings is 1. The van der Waals surface area contributed by atoms with E-state index in [1.54, 1.807) is 0 Å². The Bertz CT molecular complexity index is 432. The second-order valence-corrected chi connectivity index (χ2v) is 3.29. The SMILES string of the molecule is CC(=O)Nc1cc(C(=O)O)cc(N)c1Cl. The average molecular weight is 229 g/mol. The number of hydrogen-bond donors (Lipinski definition) is 3. The monoisotopic (exact) mass is 228 g/mol. The van der Waals surface area contributed by atoms with Gasteiger partial charge in [-0.05, 0) is 12.1 Å². The van der Waals surface area contributed by atoms with Gasteiger partial charge in [-0.1, -0.05) is 11.6 Å². The summed E-state index contributed by atoms with van der Waals surface area (Å²) in [6.45, 7) is 1.29. The van der Waals surface area contributed by atoms with Crippen molar-refractivity contribution in [3.8, 4) is 0 Å². The molecule has 0 aliphatic heterocycles. The molecule has 0 aliphatic carbocycles. The van der Waals surface area contributed by atoms with E-state index in [-0.39, 0.29) is 27.9 Å². The van der Waals surface area contributed by atoms with Crippen LogP contribution in [0.3, 0.4) is 0 Å². The van der Waals surface area contributed by atoms with Crippen LogP contribution < -0.4 is 11.1 Å². The lowest BCUT2D eigenvalue weighted by molar-refractivity contribution is -0.114. The summed E-state index contributed by atoms with van der Waals surface area (Å²) in [6.07, 6.45) is 0. The van der Waals surface area contributed by atoms with Gasteiger partial charge in [-0.25, -0.2) is 4.79 Å². The molecular weight excluding hydrogens is 220 g/mol. The Morgan fingerprint density at radius 1 is 1.47 bits per heavy atom. The zero-order valence-electron chi connectivity index (χ0n) is 7.87. The summed E-state index contributed by atoms with van der Waals surface area (Å²) in [5.41, 5.74) is 5.77. The number of amides is 1. The van der Waals surface area contributed by atoms with E-state index in [0.717, 1.165) is 0 Å². The van der Waals surface area contributed by atoms with Crippen LogP contribution in [-0.4, -0.2) is 17.0 Å². The Hall–Kier alpha value is -1.75. The van der Waals surface area contributed by atoms with Gasteiger partial charge in [0.05, 0.1) is 22.0 Å². The first-order valence-electron chi connectivity index (χ1n) is 4.01. The van der Waals surface area contributed by atoms with Crippen molar-refractivity contribution in [2.45, 2.75) is 6.92 Å². The largest absolute Gasteiger partial charge is 0.478 e. The number of carboxylic acids is 1. The van der Waals surface area contributed by atoms with E-state index in [9.17, 15) is 9.59 Å². The molecule has 0 saturated heterocycles. The number of carbonyl (C=O) groups excluding carboxylic acids is 1. The summed E-state index contributed by atoms with van der Waals surface area (Å²) < 4.78 is 0. The lowest BCUT2D eigenvalue weighted by Gasteiger charge is -2.08. The number of nitrogens with two attached hydrogens (primary N) is 1. The summed E-state index contributed by atoms with van der Waals surface area (Å²) in [5.74, 6) is -1.48. The van der Waals surface area contributed by atoms with E-state index >= 15 is 0 Å². The molecule has 80 valence electrons. The predicted octanol–water partition coefficient (Wildman–Crippen LogP) is 1.58. The third-order valence-electron chi connectivity index (χ3n) is 1.66. The normalized spacial score (nSPS) is 9.73. The maximum Gasteiger partial charge on any atom is 0.335 e. The molecule has 0 fully saturated rings. The number of hydrogen-bond acceptors (Lipinski definition) is 3. The minimum atomic E-state index is -1.13. The standard InChI is InChI=1S/C9H9ClN2O3/c1-4(13)12-7-3-5(9(14)15)2-6(11)8(7)10/h2-3H,11H2,1H3,(H,12,13)(H,14,15). The second kappa shape index (κ2) is 4.18. The predicted molar refractivity (Wildman–Crippen MR) is 57.1 cm³/mol.